The number of benzene rings is 1. The minimum absolute atomic E-state index is 0.127. The van der Waals surface area contributed by atoms with Gasteiger partial charge in [-0.05, 0) is 26.7 Å². The Morgan fingerprint density at radius 1 is 1.19 bits per heavy atom. The molecule has 1 unspecified atom stereocenters. The first-order valence-electron chi connectivity index (χ1n) is 11.1. The number of nitrogens with one attached hydrogen (secondary N) is 1. The zero-order chi connectivity index (χ0) is 21.6. The molecule has 0 saturated carbocycles. The molecule has 0 radical (unpaired) electrons. The highest BCUT2D eigenvalue weighted by atomic mass is 16.5. The Labute approximate surface area is 183 Å². The van der Waals surface area contributed by atoms with E-state index in [1.807, 2.05) is 24.0 Å². The molecule has 1 N–H and O–H groups in total. The van der Waals surface area contributed by atoms with E-state index in [4.69, 9.17) is 14.1 Å². The highest BCUT2D eigenvalue weighted by molar-refractivity contribution is 5.82. The Balaban J connectivity index is 1.35. The summed E-state index contributed by atoms with van der Waals surface area (Å²) in [7, 11) is 0. The van der Waals surface area contributed by atoms with Gasteiger partial charge in [0.1, 0.15) is 12.6 Å². The average molecular weight is 426 g/mol. The van der Waals surface area contributed by atoms with Crippen LogP contribution in [0.25, 0.3) is 11.3 Å². The first kappa shape index (κ1) is 21.4. The van der Waals surface area contributed by atoms with E-state index < -0.39 is 0 Å². The Morgan fingerprint density at radius 3 is 2.61 bits per heavy atom. The Morgan fingerprint density at radius 2 is 1.94 bits per heavy atom. The van der Waals surface area contributed by atoms with E-state index in [0.717, 1.165) is 49.8 Å². The van der Waals surface area contributed by atoms with Crippen molar-refractivity contribution < 1.29 is 13.9 Å². The van der Waals surface area contributed by atoms with E-state index in [-0.39, 0.29) is 12.0 Å². The summed E-state index contributed by atoms with van der Waals surface area (Å²) < 4.78 is 11.4. The predicted octanol–water partition coefficient (Wildman–Crippen LogP) is 2.44. The smallest absolute Gasteiger partial charge is 0.251 e. The number of carbonyl (C=O) groups excluding carboxylic acids is 1. The molecule has 166 valence electrons. The van der Waals surface area contributed by atoms with Gasteiger partial charge < -0.3 is 24.3 Å². The van der Waals surface area contributed by atoms with Crippen LogP contribution in [0.1, 0.15) is 31.2 Å². The molecule has 1 aromatic carbocycles. The van der Waals surface area contributed by atoms with Crippen molar-refractivity contribution in [3.63, 3.8) is 0 Å². The fraction of sp³-hybridized carbons (Fsp3) is 0.522. The van der Waals surface area contributed by atoms with Crippen molar-refractivity contribution in [2.24, 2.45) is 4.99 Å². The van der Waals surface area contributed by atoms with E-state index >= 15 is 0 Å². The molecule has 2 aliphatic rings. The number of aliphatic imine (C=N–C) groups is 1. The molecule has 8 heteroatoms. The van der Waals surface area contributed by atoms with Crippen molar-refractivity contribution >= 4 is 11.9 Å². The molecule has 1 atom stereocenters. The number of rotatable bonds is 5. The zero-order valence-corrected chi connectivity index (χ0v) is 18.3. The number of aryl methyl sites for hydroxylation is 1. The molecule has 8 nitrogen and oxygen atoms in total. The number of piperazine rings is 1. The molecule has 2 fully saturated rings. The van der Waals surface area contributed by atoms with Gasteiger partial charge in [0.05, 0.1) is 6.20 Å². The largest absolute Gasteiger partial charge is 0.439 e. The van der Waals surface area contributed by atoms with Gasteiger partial charge in [-0.25, -0.2) is 9.98 Å². The van der Waals surface area contributed by atoms with E-state index in [0.29, 0.717) is 32.1 Å². The number of aromatic nitrogens is 1. The van der Waals surface area contributed by atoms with Gasteiger partial charge in [0.15, 0.2) is 11.7 Å². The van der Waals surface area contributed by atoms with Gasteiger partial charge in [0.25, 0.3) is 5.91 Å². The standard InChI is InChI=1S/C23H31N5O3/c1-3-24-23(28-12-10-27(11-13-28)22(29)19-5-4-14-30-19)26-16-21-25-15-20(31-21)18-8-6-17(2)7-9-18/h6-9,15,19H,3-5,10-14,16H2,1-2H3,(H,24,26). The number of guanidine groups is 1. The van der Waals surface area contributed by atoms with Gasteiger partial charge in [-0.15, -0.1) is 0 Å². The van der Waals surface area contributed by atoms with Crippen LogP contribution in [0.4, 0.5) is 0 Å². The molecule has 31 heavy (non-hydrogen) atoms. The summed E-state index contributed by atoms with van der Waals surface area (Å²) in [5.41, 5.74) is 2.22. The van der Waals surface area contributed by atoms with Crippen LogP contribution < -0.4 is 5.32 Å². The molecule has 0 bridgehead atoms. The van der Waals surface area contributed by atoms with Crippen LogP contribution >= 0.6 is 0 Å². The highest BCUT2D eigenvalue weighted by Gasteiger charge is 2.30. The van der Waals surface area contributed by atoms with Crippen molar-refractivity contribution in [3.05, 3.63) is 41.9 Å². The zero-order valence-electron chi connectivity index (χ0n) is 18.3. The molecule has 2 aromatic rings. The third kappa shape index (κ3) is 5.25. The topological polar surface area (TPSA) is 83.2 Å². The van der Waals surface area contributed by atoms with Gasteiger partial charge in [-0.1, -0.05) is 29.8 Å². The number of hydrogen-bond acceptors (Lipinski definition) is 5. The van der Waals surface area contributed by atoms with Crippen molar-refractivity contribution in [1.29, 1.82) is 0 Å². The summed E-state index contributed by atoms with van der Waals surface area (Å²) in [6.45, 7) is 8.78. The van der Waals surface area contributed by atoms with Crippen LogP contribution in [-0.4, -0.2) is 72.1 Å². The number of hydrogen-bond donors (Lipinski definition) is 1. The lowest BCUT2D eigenvalue weighted by molar-refractivity contribution is -0.142. The van der Waals surface area contributed by atoms with E-state index in [1.54, 1.807) is 6.20 Å². The van der Waals surface area contributed by atoms with Crippen LogP contribution in [-0.2, 0) is 16.1 Å². The molecule has 2 saturated heterocycles. The molecule has 3 heterocycles. The van der Waals surface area contributed by atoms with E-state index in [2.05, 4.69) is 34.3 Å². The van der Waals surface area contributed by atoms with Crippen molar-refractivity contribution in [1.82, 2.24) is 20.1 Å². The van der Waals surface area contributed by atoms with Crippen LogP contribution in [0.3, 0.4) is 0 Å². The lowest BCUT2D eigenvalue weighted by Crippen LogP contribution is -2.55. The summed E-state index contributed by atoms with van der Waals surface area (Å²) in [5.74, 6) is 2.28. The fourth-order valence-corrected chi connectivity index (χ4v) is 3.92. The van der Waals surface area contributed by atoms with Crippen molar-refractivity contribution in [3.8, 4) is 11.3 Å². The van der Waals surface area contributed by atoms with E-state index in [1.165, 1.54) is 5.56 Å². The Kier molecular flexibility index (Phi) is 6.86. The van der Waals surface area contributed by atoms with Gasteiger partial charge in [0, 0.05) is 44.9 Å². The second kappa shape index (κ2) is 9.96. The maximum atomic E-state index is 12.6. The van der Waals surface area contributed by atoms with Gasteiger partial charge in [0.2, 0.25) is 5.89 Å². The third-order valence-electron chi connectivity index (χ3n) is 5.68. The predicted molar refractivity (Wildman–Crippen MR) is 119 cm³/mol. The summed E-state index contributed by atoms with van der Waals surface area (Å²) in [5, 5.41) is 3.34. The van der Waals surface area contributed by atoms with Crippen LogP contribution in [0, 0.1) is 6.92 Å². The second-order valence-electron chi connectivity index (χ2n) is 7.97. The Hall–Kier alpha value is -2.87. The number of oxazole rings is 1. The summed E-state index contributed by atoms with van der Waals surface area (Å²) in [6.07, 6.45) is 3.31. The minimum Gasteiger partial charge on any atom is -0.439 e. The number of nitrogens with zero attached hydrogens (tertiary/aromatic N) is 4. The normalized spacial score (nSPS) is 19.7. The minimum atomic E-state index is -0.249. The first-order valence-corrected chi connectivity index (χ1v) is 11.1. The van der Waals surface area contributed by atoms with Gasteiger partial charge in [-0.2, -0.15) is 0 Å². The fourth-order valence-electron chi connectivity index (χ4n) is 3.92. The quantitative estimate of drug-likeness (QED) is 0.585. The SMILES string of the molecule is CCNC(=NCc1ncc(-c2ccc(C)cc2)o1)N1CCN(C(=O)C2CCCO2)CC1. The van der Waals surface area contributed by atoms with E-state index in [9.17, 15) is 4.79 Å². The third-order valence-corrected chi connectivity index (χ3v) is 5.68. The summed E-state index contributed by atoms with van der Waals surface area (Å²) in [4.78, 5) is 25.8. The van der Waals surface area contributed by atoms with Crippen LogP contribution in [0.15, 0.2) is 39.9 Å². The molecular weight excluding hydrogens is 394 g/mol. The maximum Gasteiger partial charge on any atom is 0.251 e. The second-order valence-corrected chi connectivity index (χ2v) is 7.97. The van der Waals surface area contributed by atoms with Gasteiger partial charge in [-0.3, -0.25) is 4.79 Å². The molecule has 2 aliphatic heterocycles. The van der Waals surface area contributed by atoms with Gasteiger partial charge >= 0.3 is 0 Å². The molecule has 1 aromatic heterocycles. The van der Waals surface area contributed by atoms with Crippen molar-refractivity contribution in [2.45, 2.75) is 39.3 Å². The monoisotopic (exact) mass is 425 g/mol. The number of amides is 1. The molecule has 4 rings (SSSR count). The summed E-state index contributed by atoms with van der Waals surface area (Å²) in [6, 6.07) is 8.18. The molecular formula is C23H31N5O3. The van der Waals surface area contributed by atoms with Crippen molar-refractivity contribution in [2.75, 3.05) is 39.3 Å². The lowest BCUT2D eigenvalue weighted by atomic mass is 10.1. The number of carbonyl (C=O) groups is 1. The van der Waals surface area contributed by atoms with Crippen LogP contribution in [0.2, 0.25) is 0 Å². The molecule has 1 amide bonds. The first-order chi connectivity index (χ1) is 15.1. The lowest BCUT2D eigenvalue weighted by Gasteiger charge is -2.37. The van der Waals surface area contributed by atoms with Crippen LogP contribution in [0.5, 0.6) is 0 Å². The summed E-state index contributed by atoms with van der Waals surface area (Å²) >= 11 is 0. The average Bonchev–Trinajstić information content (AvgIpc) is 3.49. The number of ether oxygens (including phenoxy) is 1. The molecule has 0 aliphatic carbocycles. The Bertz CT molecular complexity index is 894. The molecule has 0 spiro atoms. The maximum absolute atomic E-state index is 12.6. The highest BCUT2D eigenvalue weighted by Crippen LogP contribution is 2.21.